The van der Waals surface area contributed by atoms with E-state index in [1.807, 2.05) is 0 Å². The van der Waals surface area contributed by atoms with Gasteiger partial charge in [-0.1, -0.05) is 173 Å². The summed E-state index contributed by atoms with van der Waals surface area (Å²) in [5.41, 5.74) is 0. The Morgan fingerprint density at radius 1 is 0.316 bits per heavy atom. The normalized spacial score (nSPS) is 23.1. The molecule has 0 amide bonds. The molecule has 0 bridgehead atoms. The van der Waals surface area contributed by atoms with E-state index in [-0.39, 0.29) is 0 Å². The molecule has 0 aromatic rings. The highest BCUT2D eigenvalue weighted by Gasteiger charge is 2.78. The third-order valence-corrected chi connectivity index (χ3v) is 83.6. The fourth-order valence-electron chi connectivity index (χ4n) is 8.13. The van der Waals surface area contributed by atoms with Crippen molar-refractivity contribution in [1.82, 2.24) is 0 Å². The predicted octanol–water partition coefficient (Wildman–Crippen LogP) is 12.4. The van der Waals surface area contributed by atoms with Crippen molar-refractivity contribution in [3.63, 3.8) is 0 Å². The summed E-state index contributed by atoms with van der Waals surface area (Å²) in [6.07, 6.45) is 0. The Labute approximate surface area is 250 Å². The average molecular weight is 627 g/mol. The Balaban J connectivity index is 4.50. The maximum Gasteiger partial charge on any atom is 0.0520 e. The van der Waals surface area contributed by atoms with E-state index in [2.05, 4.69) is 164 Å². The second-order valence-corrected chi connectivity index (χ2v) is 59.6. The van der Waals surface area contributed by atoms with Crippen LogP contribution in [0.3, 0.4) is 0 Å². The fraction of sp³-hybridized carbons (Fsp3) is 1.00. The first kappa shape index (κ1) is 37.3. The first-order valence-corrected chi connectivity index (χ1v) is 32.2. The van der Waals surface area contributed by atoms with Crippen molar-refractivity contribution in [1.29, 1.82) is 0 Å². The van der Waals surface area contributed by atoms with Gasteiger partial charge in [0.1, 0.15) is 0 Å². The summed E-state index contributed by atoms with van der Waals surface area (Å²) in [4.78, 5) is 2.25. The molecule has 226 valence electrons. The van der Waals surface area contributed by atoms with Crippen molar-refractivity contribution in [2.24, 2.45) is 0 Å². The second kappa shape index (κ2) is 9.92. The molecule has 0 atom stereocenters. The molecular weight excluding hydrogens is 553 g/mol. The summed E-state index contributed by atoms with van der Waals surface area (Å²) in [6, 6.07) is 0. The largest absolute Gasteiger partial charge is 0.0705 e. The first-order valence-electron chi connectivity index (χ1n) is 15.7. The Morgan fingerprint density at radius 2 is 0.474 bits per heavy atom. The molecule has 1 fully saturated rings. The van der Waals surface area contributed by atoms with Gasteiger partial charge in [-0.3, -0.25) is 0 Å². The van der Waals surface area contributed by atoms with Crippen LogP contribution in [0.4, 0.5) is 0 Å². The molecule has 1 saturated heterocycles. The highest BCUT2D eigenvalue weighted by Crippen LogP contribution is 2.72. The number of hydrogen-bond donors (Lipinski definition) is 0. The van der Waals surface area contributed by atoms with Crippen LogP contribution in [-0.4, -0.2) is 48.0 Å². The molecule has 0 unspecified atom stereocenters. The van der Waals surface area contributed by atoms with E-state index in [1.165, 1.54) is 0 Å². The predicted molar refractivity (Wildman–Crippen MR) is 195 cm³/mol. The Bertz CT molecular complexity index is 735. The molecule has 0 nitrogen and oxygen atoms in total. The molecule has 1 aliphatic rings. The molecule has 1 aliphatic heterocycles. The molecule has 2 radical (unpaired) electrons. The van der Waals surface area contributed by atoms with Crippen LogP contribution in [0.5, 0.6) is 0 Å². The zero-order chi connectivity index (χ0) is 31.3. The average Bonchev–Trinajstić information content (AvgIpc) is 2.53. The van der Waals surface area contributed by atoms with E-state index in [1.54, 1.807) is 0 Å². The lowest BCUT2D eigenvalue weighted by Crippen LogP contribution is -2.88. The summed E-state index contributed by atoms with van der Waals surface area (Å²) in [7, 11) is -7.67. The van der Waals surface area contributed by atoms with Crippen LogP contribution in [0.2, 0.25) is 79.1 Å². The molecule has 0 saturated carbocycles. The zero-order valence-electron chi connectivity index (χ0n) is 31.2. The van der Waals surface area contributed by atoms with Crippen LogP contribution in [0.1, 0.15) is 125 Å². The first-order chi connectivity index (χ1) is 16.0. The number of rotatable bonds is 4. The Morgan fingerprint density at radius 3 is 0.579 bits per heavy atom. The summed E-state index contributed by atoms with van der Waals surface area (Å²) in [5.74, 6) is 0. The lowest BCUT2D eigenvalue weighted by molar-refractivity contribution is 0.628. The van der Waals surface area contributed by atoms with Crippen LogP contribution in [0.25, 0.3) is 0 Å². The van der Waals surface area contributed by atoms with E-state index in [9.17, 15) is 0 Å². The lowest BCUT2D eigenvalue weighted by Gasteiger charge is -2.77. The van der Waals surface area contributed by atoms with Crippen molar-refractivity contribution < 1.29 is 0 Å². The third kappa shape index (κ3) is 5.41. The highest BCUT2D eigenvalue weighted by atomic mass is 29.3. The van der Waals surface area contributed by atoms with Crippen molar-refractivity contribution >= 4 is 48.0 Å². The number of hydrogen-bond acceptors (Lipinski definition) is 0. The van der Waals surface area contributed by atoms with Crippen LogP contribution in [0, 0.1) is 0 Å². The Hall–Kier alpha value is 1.30. The molecule has 0 aliphatic carbocycles. The fourth-order valence-corrected chi connectivity index (χ4v) is 106. The van der Waals surface area contributed by atoms with Gasteiger partial charge in [0.05, 0.1) is 15.2 Å². The Kier molecular flexibility index (Phi) is 9.74. The maximum atomic E-state index is 2.95. The standard InChI is InChI=1S/C32H74Si6/c1-27(2,3)35(19,20)25-33(37(23,29(7,8)9)30(10,11)12)26(36(21,22)28(4,5)6)34(25)38(24,31(13,14)15)32(16,17)18/h25-26H,1-24H3. The molecule has 38 heavy (non-hydrogen) atoms. The summed E-state index contributed by atoms with van der Waals surface area (Å²) >= 11 is 0. The molecule has 0 N–H and O–H groups in total. The molecule has 6 heteroatoms. The van der Waals surface area contributed by atoms with Crippen LogP contribution < -0.4 is 0 Å². The topological polar surface area (TPSA) is 0 Å². The van der Waals surface area contributed by atoms with Gasteiger partial charge in [0.15, 0.2) is 0 Å². The van der Waals surface area contributed by atoms with E-state index in [0.29, 0.717) is 30.2 Å². The SMILES string of the molecule is CC(C)(C)[Si](C)(C)C1[Si]([Si](C)(C(C)(C)C)C(C)(C)C)C([Si](C)(C)C(C)(C)C)[Si]1[Si](C)(C(C)(C)C)C(C)(C)C. The van der Waals surface area contributed by atoms with Crippen LogP contribution >= 0.6 is 0 Å². The van der Waals surface area contributed by atoms with E-state index >= 15 is 0 Å². The second-order valence-electron chi connectivity index (χ2n) is 21.0. The van der Waals surface area contributed by atoms with Gasteiger partial charge < -0.3 is 0 Å². The van der Waals surface area contributed by atoms with Gasteiger partial charge in [0, 0.05) is 32.8 Å². The van der Waals surface area contributed by atoms with Gasteiger partial charge in [0.2, 0.25) is 0 Å². The maximum absolute atomic E-state index is 2.95. The van der Waals surface area contributed by atoms with Crippen molar-refractivity contribution in [2.75, 3.05) is 0 Å². The van der Waals surface area contributed by atoms with Crippen LogP contribution in [-0.2, 0) is 0 Å². The third-order valence-electron chi connectivity index (χ3n) is 13.7. The molecule has 0 aromatic heterocycles. The van der Waals surface area contributed by atoms with E-state index in [0.717, 1.165) is 9.58 Å². The van der Waals surface area contributed by atoms with Crippen LogP contribution in [0.15, 0.2) is 0 Å². The van der Waals surface area contributed by atoms with Gasteiger partial charge in [-0.25, -0.2) is 0 Å². The zero-order valence-corrected chi connectivity index (χ0v) is 37.2. The lowest BCUT2D eigenvalue weighted by atomic mass is 10.2. The minimum atomic E-state index is -1.69. The summed E-state index contributed by atoms with van der Waals surface area (Å²) < 4.78 is 0. The van der Waals surface area contributed by atoms with Gasteiger partial charge in [-0.2, -0.15) is 0 Å². The molecular formula is C32H74Si6. The van der Waals surface area contributed by atoms with Gasteiger partial charge in [-0.15, -0.1) is 0 Å². The van der Waals surface area contributed by atoms with Gasteiger partial charge in [-0.05, 0) is 30.2 Å². The molecule has 1 heterocycles. The van der Waals surface area contributed by atoms with Gasteiger partial charge >= 0.3 is 0 Å². The molecule has 0 spiro atoms. The molecule has 1 rings (SSSR count). The minimum absolute atomic E-state index is 0.440. The monoisotopic (exact) mass is 626 g/mol. The van der Waals surface area contributed by atoms with Crippen molar-refractivity contribution in [3.8, 4) is 0 Å². The van der Waals surface area contributed by atoms with Crippen molar-refractivity contribution in [2.45, 2.75) is 204 Å². The van der Waals surface area contributed by atoms with Crippen molar-refractivity contribution in [3.05, 3.63) is 0 Å². The van der Waals surface area contributed by atoms with E-state index < -0.39 is 48.0 Å². The molecule has 0 aromatic carbocycles. The van der Waals surface area contributed by atoms with E-state index in [4.69, 9.17) is 0 Å². The smallest absolute Gasteiger partial charge is 0.0520 e. The summed E-state index contributed by atoms with van der Waals surface area (Å²) in [5, 5.41) is 2.67. The summed E-state index contributed by atoms with van der Waals surface area (Å²) in [6.45, 7) is 65.5. The van der Waals surface area contributed by atoms with Gasteiger partial charge in [0.25, 0.3) is 0 Å². The highest BCUT2D eigenvalue weighted by molar-refractivity contribution is 7.60. The quantitative estimate of drug-likeness (QED) is 0.272. The minimum Gasteiger partial charge on any atom is -0.0705 e.